The number of ether oxygens (including phenoxy) is 1. The number of rotatable bonds is 6. The standard InChI is InChI=1S/C13H14F2N4O2/c1-19-7-9(6-18-19)13(11(16)20,8-21-12(14)15)10-4-2-3-5-17-10/h2-7,12H,8H2,1H3,(H2,16,20). The molecule has 0 bridgehead atoms. The van der Waals surface area contributed by atoms with Crippen LogP contribution in [0, 0.1) is 0 Å². The number of aryl methyl sites for hydroxylation is 1. The molecule has 0 aromatic carbocycles. The molecule has 2 aromatic rings. The fourth-order valence-corrected chi connectivity index (χ4v) is 2.09. The van der Waals surface area contributed by atoms with E-state index in [1.54, 1.807) is 19.2 Å². The largest absolute Gasteiger partial charge is 0.368 e. The van der Waals surface area contributed by atoms with Crippen molar-refractivity contribution in [1.82, 2.24) is 14.8 Å². The Bertz CT molecular complexity index is 618. The minimum absolute atomic E-state index is 0.228. The van der Waals surface area contributed by atoms with Crippen molar-refractivity contribution in [2.24, 2.45) is 12.8 Å². The Kier molecular flexibility index (Phi) is 4.27. The Hall–Kier alpha value is -2.35. The third-order valence-electron chi connectivity index (χ3n) is 3.15. The van der Waals surface area contributed by atoms with E-state index < -0.39 is 24.5 Å². The van der Waals surface area contributed by atoms with Crippen LogP contribution in [0.3, 0.4) is 0 Å². The fourth-order valence-electron chi connectivity index (χ4n) is 2.09. The summed E-state index contributed by atoms with van der Waals surface area (Å²) in [7, 11) is 1.64. The molecule has 0 aliphatic rings. The van der Waals surface area contributed by atoms with Gasteiger partial charge in [-0.15, -0.1) is 0 Å². The highest BCUT2D eigenvalue weighted by Gasteiger charge is 2.44. The number of hydrogen-bond donors (Lipinski definition) is 1. The summed E-state index contributed by atoms with van der Waals surface area (Å²) in [6, 6.07) is 4.82. The van der Waals surface area contributed by atoms with Crippen LogP contribution in [0.15, 0.2) is 36.8 Å². The van der Waals surface area contributed by atoms with E-state index in [0.717, 1.165) is 0 Å². The van der Waals surface area contributed by atoms with Gasteiger partial charge in [-0.3, -0.25) is 14.5 Å². The number of pyridine rings is 1. The monoisotopic (exact) mass is 296 g/mol. The van der Waals surface area contributed by atoms with E-state index in [1.807, 2.05) is 0 Å². The normalized spacial score (nSPS) is 14.1. The van der Waals surface area contributed by atoms with Crippen molar-refractivity contribution >= 4 is 5.91 Å². The highest BCUT2D eigenvalue weighted by molar-refractivity contribution is 5.90. The fraction of sp³-hybridized carbons (Fsp3) is 0.308. The average molecular weight is 296 g/mol. The van der Waals surface area contributed by atoms with Gasteiger partial charge >= 0.3 is 6.61 Å². The molecule has 0 saturated heterocycles. The summed E-state index contributed by atoms with van der Waals surface area (Å²) < 4.78 is 30.7. The van der Waals surface area contributed by atoms with E-state index in [2.05, 4.69) is 14.8 Å². The van der Waals surface area contributed by atoms with Crippen molar-refractivity contribution < 1.29 is 18.3 Å². The molecule has 1 amide bonds. The van der Waals surface area contributed by atoms with Crippen LogP contribution >= 0.6 is 0 Å². The second-order valence-electron chi connectivity index (χ2n) is 4.46. The zero-order chi connectivity index (χ0) is 15.5. The van der Waals surface area contributed by atoms with Crippen molar-refractivity contribution in [3.05, 3.63) is 48.0 Å². The van der Waals surface area contributed by atoms with E-state index in [-0.39, 0.29) is 5.69 Å². The molecule has 21 heavy (non-hydrogen) atoms. The number of aromatic nitrogens is 3. The van der Waals surface area contributed by atoms with Crippen LogP contribution in [0.1, 0.15) is 11.3 Å². The van der Waals surface area contributed by atoms with Crippen LogP contribution < -0.4 is 5.73 Å². The molecule has 112 valence electrons. The van der Waals surface area contributed by atoms with Crippen molar-refractivity contribution in [2.75, 3.05) is 6.61 Å². The summed E-state index contributed by atoms with van der Waals surface area (Å²) >= 11 is 0. The minimum atomic E-state index is -3.02. The number of carbonyl (C=O) groups is 1. The maximum absolute atomic E-state index is 12.4. The first-order chi connectivity index (χ1) is 9.96. The quantitative estimate of drug-likeness (QED) is 0.855. The van der Waals surface area contributed by atoms with Crippen molar-refractivity contribution in [1.29, 1.82) is 0 Å². The highest BCUT2D eigenvalue weighted by atomic mass is 19.3. The van der Waals surface area contributed by atoms with Gasteiger partial charge in [-0.1, -0.05) is 6.07 Å². The Balaban J connectivity index is 2.57. The molecule has 1 unspecified atom stereocenters. The first kappa shape index (κ1) is 15.0. The Morgan fingerprint density at radius 2 is 2.29 bits per heavy atom. The van der Waals surface area contributed by atoms with Gasteiger partial charge in [0.25, 0.3) is 0 Å². The predicted molar refractivity (Wildman–Crippen MR) is 69.4 cm³/mol. The molecule has 8 heteroatoms. The van der Waals surface area contributed by atoms with Gasteiger partial charge in [-0.2, -0.15) is 13.9 Å². The van der Waals surface area contributed by atoms with Crippen molar-refractivity contribution in [3.8, 4) is 0 Å². The lowest BCUT2D eigenvalue weighted by atomic mass is 9.78. The first-order valence-corrected chi connectivity index (χ1v) is 6.07. The van der Waals surface area contributed by atoms with E-state index >= 15 is 0 Å². The maximum Gasteiger partial charge on any atom is 0.345 e. The molecule has 2 heterocycles. The third-order valence-corrected chi connectivity index (χ3v) is 3.15. The first-order valence-electron chi connectivity index (χ1n) is 6.07. The summed E-state index contributed by atoms with van der Waals surface area (Å²) in [6.07, 6.45) is 4.36. The van der Waals surface area contributed by atoms with Gasteiger partial charge in [0, 0.05) is 25.0 Å². The molecule has 0 radical (unpaired) electrons. The summed E-state index contributed by atoms with van der Waals surface area (Å²) in [5.41, 5.74) is 4.44. The molecule has 2 N–H and O–H groups in total. The molecule has 0 aliphatic carbocycles. The van der Waals surface area contributed by atoms with Crippen molar-refractivity contribution in [2.45, 2.75) is 12.0 Å². The molecule has 2 rings (SSSR count). The number of alkyl halides is 2. The number of halogens is 2. The molecule has 6 nitrogen and oxygen atoms in total. The maximum atomic E-state index is 12.4. The van der Waals surface area contributed by atoms with Crippen LogP contribution in [-0.2, 0) is 22.0 Å². The lowest BCUT2D eigenvalue weighted by Crippen LogP contribution is -2.47. The number of carbonyl (C=O) groups excluding carboxylic acids is 1. The average Bonchev–Trinajstić information content (AvgIpc) is 2.87. The molecule has 0 aliphatic heterocycles. The Morgan fingerprint density at radius 1 is 1.52 bits per heavy atom. The molecule has 2 aromatic heterocycles. The number of nitrogens with zero attached hydrogens (tertiary/aromatic N) is 3. The predicted octanol–water partition coefficient (Wildman–Crippen LogP) is 0.826. The molecule has 0 fully saturated rings. The van der Waals surface area contributed by atoms with E-state index in [1.165, 1.54) is 29.3 Å². The summed E-state index contributed by atoms with van der Waals surface area (Å²) in [5, 5.41) is 3.96. The second-order valence-corrected chi connectivity index (χ2v) is 4.46. The van der Waals surface area contributed by atoms with Gasteiger partial charge in [0.15, 0.2) is 0 Å². The molecule has 1 atom stereocenters. The summed E-state index contributed by atoms with van der Waals surface area (Å²) in [6.45, 7) is -3.65. The zero-order valence-corrected chi connectivity index (χ0v) is 11.2. The van der Waals surface area contributed by atoms with Gasteiger partial charge in [-0.05, 0) is 12.1 Å². The van der Waals surface area contributed by atoms with Gasteiger partial charge in [0.1, 0.15) is 5.41 Å². The van der Waals surface area contributed by atoms with Gasteiger partial charge in [-0.25, -0.2) is 0 Å². The van der Waals surface area contributed by atoms with Crippen LogP contribution in [0.25, 0.3) is 0 Å². The lowest BCUT2D eigenvalue weighted by molar-refractivity contribution is -0.148. The number of primary amides is 1. The summed E-state index contributed by atoms with van der Waals surface area (Å²) in [5.74, 6) is -0.838. The number of hydrogen-bond acceptors (Lipinski definition) is 4. The SMILES string of the molecule is Cn1cc(C(COC(F)F)(C(N)=O)c2ccccn2)cn1. The van der Waals surface area contributed by atoms with Gasteiger partial charge in [0.2, 0.25) is 5.91 Å². The van der Waals surface area contributed by atoms with E-state index in [0.29, 0.717) is 5.56 Å². The minimum Gasteiger partial charge on any atom is -0.368 e. The third kappa shape index (κ3) is 2.89. The van der Waals surface area contributed by atoms with E-state index in [9.17, 15) is 13.6 Å². The van der Waals surface area contributed by atoms with Crippen LogP contribution in [-0.4, -0.2) is 33.9 Å². The summed E-state index contributed by atoms with van der Waals surface area (Å²) in [4.78, 5) is 16.1. The van der Waals surface area contributed by atoms with Gasteiger partial charge in [0.05, 0.1) is 18.5 Å². The van der Waals surface area contributed by atoms with Crippen LogP contribution in [0.4, 0.5) is 8.78 Å². The zero-order valence-electron chi connectivity index (χ0n) is 11.2. The molecule has 0 saturated carbocycles. The lowest BCUT2D eigenvalue weighted by Gasteiger charge is -2.28. The van der Waals surface area contributed by atoms with Crippen LogP contribution in [0.2, 0.25) is 0 Å². The highest BCUT2D eigenvalue weighted by Crippen LogP contribution is 2.31. The number of amides is 1. The second kappa shape index (κ2) is 5.96. The molecule has 0 spiro atoms. The Morgan fingerprint density at radius 3 is 2.76 bits per heavy atom. The van der Waals surface area contributed by atoms with E-state index in [4.69, 9.17) is 5.73 Å². The number of nitrogens with two attached hydrogens (primary N) is 1. The molecular formula is C13H14F2N4O2. The van der Waals surface area contributed by atoms with Crippen molar-refractivity contribution in [3.63, 3.8) is 0 Å². The van der Waals surface area contributed by atoms with Gasteiger partial charge < -0.3 is 10.5 Å². The topological polar surface area (TPSA) is 83.0 Å². The Labute approximate surface area is 119 Å². The molecular weight excluding hydrogens is 282 g/mol. The van der Waals surface area contributed by atoms with Crippen LogP contribution in [0.5, 0.6) is 0 Å². The smallest absolute Gasteiger partial charge is 0.345 e.